The largest absolute Gasteiger partial charge is 0.336 e. The molecule has 0 bridgehead atoms. The number of pyridine rings is 1. The zero-order chi connectivity index (χ0) is 23.4. The number of rotatable bonds is 4. The molecule has 2 saturated heterocycles. The monoisotopic (exact) mass is 457 g/mol. The van der Waals surface area contributed by atoms with Gasteiger partial charge in [-0.05, 0) is 67.7 Å². The molecule has 3 aromatic rings. The highest BCUT2D eigenvalue weighted by Crippen LogP contribution is 2.32. The van der Waals surface area contributed by atoms with E-state index in [0.29, 0.717) is 18.5 Å². The smallest absolute Gasteiger partial charge is 0.255 e. The molecule has 2 aromatic heterocycles. The van der Waals surface area contributed by atoms with Crippen molar-refractivity contribution in [2.45, 2.75) is 44.8 Å². The lowest BCUT2D eigenvalue weighted by molar-refractivity contribution is -0.136. The Morgan fingerprint density at radius 2 is 1.91 bits per heavy atom. The first kappa shape index (κ1) is 21.0. The molecule has 1 aromatic carbocycles. The van der Waals surface area contributed by atoms with E-state index in [0.717, 1.165) is 42.1 Å². The van der Waals surface area contributed by atoms with Crippen LogP contribution in [0.1, 0.15) is 47.2 Å². The highest BCUT2D eigenvalue weighted by atomic mass is 16.2. The van der Waals surface area contributed by atoms with Gasteiger partial charge >= 0.3 is 0 Å². The van der Waals surface area contributed by atoms with Crippen LogP contribution in [0, 0.1) is 0 Å². The van der Waals surface area contributed by atoms with Crippen molar-refractivity contribution in [1.29, 1.82) is 0 Å². The Morgan fingerprint density at radius 1 is 1.09 bits per heavy atom. The van der Waals surface area contributed by atoms with Crippen LogP contribution in [0.5, 0.6) is 0 Å². The minimum absolute atomic E-state index is 0.156. The van der Waals surface area contributed by atoms with Gasteiger partial charge in [0.1, 0.15) is 11.7 Å². The SMILES string of the molecule is Cn1ccc2c(CN3CCCC3)cc(-c3ccc4c(c3)CN(C3CCC(=O)NC3=O)C4=O)nc21. The van der Waals surface area contributed by atoms with Gasteiger partial charge in [-0.15, -0.1) is 0 Å². The summed E-state index contributed by atoms with van der Waals surface area (Å²) in [5.74, 6) is -0.823. The molecular weight excluding hydrogens is 430 g/mol. The minimum atomic E-state index is -0.606. The maximum atomic E-state index is 13.0. The van der Waals surface area contributed by atoms with Crippen molar-refractivity contribution in [2.75, 3.05) is 13.1 Å². The minimum Gasteiger partial charge on any atom is -0.336 e. The Balaban J connectivity index is 1.34. The Kier molecular flexibility index (Phi) is 4.99. The van der Waals surface area contributed by atoms with Crippen molar-refractivity contribution in [3.8, 4) is 11.3 Å². The molecule has 1 atom stereocenters. The summed E-state index contributed by atoms with van der Waals surface area (Å²) in [4.78, 5) is 45.9. The van der Waals surface area contributed by atoms with E-state index in [1.54, 1.807) is 4.90 Å². The number of likely N-dealkylation sites (tertiary alicyclic amines) is 1. The Labute approximate surface area is 197 Å². The van der Waals surface area contributed by atoms with E-state index >= 15 is 0 Å². The normalized spacial score (nSPS) is 20.9. The van der Waals surface area contributed by atoms with Crippen LogP contribution in [0.3, 0.4) is 0 Å². The van der Waals surface area contributed by atoms with Gasteiger partial charge in [-0.3, -0.25) is 24.6 Å². The number of fused-ring (bicyclic) bond motifs is 2. The molecule has 174 valence electrons. The summed E-state index contributed by atoms with van der Waals surface area (Å²) in [5, 5.41) is 3.54. The van der Waals surface area contributed by atoms with Crippen LogP contribution in [-0.4, -0.2) is 56.2 Å². The molecule has 2 fully saturated rings. The number of amides is 3. The molecule has 1 N–H and O–H groups in total. The molecule has 5 heterocycles. The lowest BCUT2D eigenvalue weighted by Gasteiger charge is -2.29. The van der Waals surface area contributed by atoms with Crippen LogP contribution >= 0.6 is 0 Å². The summed E-state index contributed by atoms with van der Waals surface area (Å²) in [6.45, 7) is 3.52. The van der Waals surface area contributed by atoms with Gasteiger partial charge in [0.2, 0.25) is 11.8 Å². The number of benzene rings is 1. The number of piperidine rings is 1. The molecule has 34 heavy (non-hydrogen) atoms. The van der Waals surface area contributed by atoms with E-state index in [1.165, 1.54) is 23.8 Å². The third kappa shape index (κ3) is 3.49. The van der Waals surface area contributed by atoms with Crippen molar-refractivity contribution >= 4 is 28.8 Å². The van der Waals surface area contributed by atoms with Crippen LogP contribution < -0.4 is 5.32 Å². The van der Waals surface area contributed by atoms with E-state index < -0.39 is 6.04 Å². The molecule has 0 aliphatic carbocycles. The average molecular weight is 458 g/mol. The van der Waals surface area contributed by atoms with Gasteiger partial charge in [-0.25, -0.2) is 4.98 Å². The quantitative estimate of drug-likeness (QED) is 0.609. The van der Waals surface area contributed by atoms with Gasteiger partial charge in [-0.2, -0.15) is 0 Å². The fraction of sp³-hybridized carbons (Fsp3) is 0.385. The van der Waals surface area contributed by atoms with Gasteiger partial charge < -0.3 is 9.47 Å². The molecular formula is C26H27N5O3. The van der Waals surface area contributed by atoms with Crippen molar-refractivity contribution in [1.82, 2.24) is 24.7 Å². The number of nitrogens with one attached hydrogen (secondary N) is 1. The van der Waals surface area contributed by atoms with Crippen LogP contribution in [0.15, 0.2) is 36.5 Å². The third-order valence-corrected chi connectivity index (χ3v) is 7.33. The zero-order valence-electron chi connectivity index (χ0n) is 19.2. The second kappa shape index (κ2) is 8.06. The molecule has 0 saturated carbocycles. The summed E-state index contributed by atoms with van der Waals surface area (Å²) in [6.07, 6.45) is 5.16. The van der Waals surface area contributed by atoms with Gasteiger partial charge in [0.05, 0.1) is 5.69 Å². The molecule has 3 aliphatic heterocycles. The van der Waals surface area contributed by atoms with Gasteiger partial charge in [0.15, 0.2) is 0 Å². The van der Waals surface area contributed by atoms with Crippen LogP contribution in [-0.2, 0) is 29.7 Å². The second-order valence-corrected chi connectivity index (χ2v) is 9.59. The number of imide groups is 1. The van der Waals surface area contributed by atoms with Crippen LogP contribution in [0.25, 0.3) is 22.3 Å². The molecule has 3 aliphatic rings. The molecule has 8 heteroatoms. The Hall–Kier alpha value is -3.52. The number of nitrogens with zero attached hydrogens (tertiary/aromatic N) is 4. The van der Waals surface area contributed by atoms with Crippen LogP contribution in [0.4, 0.5) is 0 Å². The van der Waals surface area contributed by atoms with Crippen LogP contribution in [0.2, 0.25) is 0 Å². The molecule has 0 spiro atoms. The summed E-state index contributed by atoms with van der Waals surface area (Å²) < 4.78 is 2.05. The topological polar surface area (TPSA) is 87.5 Å². The number of hydrogen-bond donors (Lipinski definition) is 1. The number of carbonyl (C=O) groups is 3. The molecule has 3 amide bonds. The fourth-order valence-corrected chi connectivity index (χ4v) is 5.49. The van der Waals surface area contributed by atoms with E-state index in [-0.39, 0.29) is 24.1 Å². The number of carbonyl (C=O) groups excluding carboxylic acids is 3. The molecule has 8 nitrogen and oxygen atoms in total. The predicted molar refractivity (Wildman–Crippen MR) is 127 cm³/mol. The third-order valence-electron chi connectivity index (χ3n) is 7.33. The lowest BCUT2D eigenvalue weighted by atomic mass is 10.0. The predicted octanol–water partition coefficient (Wildman–Crippen LogP) is 2.60. The highest BCUT2D eigenvalue weighted by Gasteiger charge is 2.39. The molecule has 0 radical (unpaired) electrons. The summed E-state index contributed by atoms with van der Waals surface area (Å²) >= 11 is 0. The molecule has 6 rings (SSSR count). The van der Waals surface area contributed by atoms with Crippen molar-refractivity contribution < 1.29 is 14.4 Å². The summed E-state index contributed by atoms with van der Waals surface area (Å²) in [5.41, 5.74) is 5.58. The first-order valence-electron chi connectivity index (χ1n) is 11.9. The van der Waals surface area contributed by atoms with Gasteiger partial charge in [-0.1, -0.05) is 6.07 Å². The van der Waals surface area contributed by atoms with Crippen molar-refractivity contribution in [3.05, 3.63) is 53.2 Å². The lowest BCUT2D eigenvalue weighted by Crippen LogP contribution is -2.52. The van der Waals surface area contributed by atoms with E-state index in [9.17, 15) is 14.4 Å². The van der Waals surface area contributed by atoms with E-state index in [2.05, 4.69) is 22.3 Å². The fourth-order valence-electron chi connectivity index (χ4n) is 5.49. The standard InChI is InChI=1S/C26H27N5O3/c1-29-11-8-19-18(14-30-9-2-3-10-30)13-21(27-24(19)29)16-4-5-20-17(12-16)15-31(26(20)34)22-6-7-23(32)28-25(22)33/h4-5,8,11-13,22H,2-3,6-7,9-10,14-15H2,1H3,(H,28,32,33). The molecule has 1 unspecified atom stereocenters. The Bertz CT molecular complexity index is 1340. The Morgan fingerprint density at radius 3 is 2.71 bits per heavy atom. The van der Waals surface area contributed by atoms with Crippen molar-refractivity contribution in [2.24, 2.45) is 7.05 Å². The first-order valence-corrected chi connectivity index (χ1v) is 11.9. The van der Waals surface area contributed by atoms with Crippen molar-refractivity contribution in [3.63, 3.8) is 0 Å². The average Bonchev–Trinajstić information content (AvgIpc) is 3.54. The summed E-state index contributed by atoms with van der Waals surface area (Å²) in [7, 11) is 2.01. The first-order chi connectivity index (χ1) is 16.5. The van der Waals surface area contributed by atoms with E-state index in [1.807, 2.05) is 36.0 Å². The maximum absolute atomic E-state index is 13.0. The highest BCUT2D eigenvalue weighted by molar-refractivity contribution is 6.05. The zero-order valence-corrected chi connectivity index (χ0v) is 19.2. The number of aromatic nitrogens is 2. The van der Waals surface area contributed by atoms with Gasteiger partial charge in [0, 0.05) is 49.3 Å². The number of aryl methyl sites for hydroxylation is 1. The summed E-state index contributed by atoms with van der Waals surface area (Å²) in [6, 6.07) is 9.52. The number of hydrogen-bond acceptors (Lipinski definition) is 5. The van der Waals surface area contributed by atoms with E-state index in [4.69, 9.17) is 4.98 Å². The second-order valence-electron chi connectivity index (χ2n) is 9.59. The van der Waals surface area contributed by atoms with Gasteiger partial charge in [0.25, 0.3) is 5.91 Å². The maximum Gasteiger partial charge on any atom is 0.255 e.